The highest BCUT2D eigenvalue weighted by molar-refractivity contribution is 5.52. The Hall–Kier alpha value is -2.53. The molecule has 0 amide bonds. The third kappa shape index (κ3) is 3.32. The van der Waals surface area contributed by atoms with Crippen molar-refractivity contribution >= 4 is 0 Å². The summed E-state index contributed by atoms with van der Waals surface area (Å²) in [5.41, 5.74) is 3.40. The van der Waals surface area contributed by atoms with Crippen LogP contribution in [0.4, 0.5) is 0 Å². The third-order valence-corrected chi connectivity index (χ3v) is 3.21. The van der Waals surface area contributed by atoms with Crippen molar-refractivity contribution in [2.45, 2.75) is 13.1 Å². The van der Waals surface area contributed by atoms with E-state index in [-0.39, 0.29) is 0 Å². The van der Waals surface area contributed by atoms with Crippen LogP contribution in [0.25, 0.3) is 11.4 Å². The molecule has 3 rings (SSSR count). The van der Waals surface area contributed by atoms with Crippen molar-refractivity contribution in [2.24, 2.45) is 0 Å². The molecular formula is C16H17N5. The van der Waals surface area contributed by atoms with E-state index >= 15 is 0 Å². The van der Waals surface area contributed by atoms with E-state index in [4.69, 9.17) is 0 Å². The maximum absolute atomic E-state index is 4.42. The van der Waals surface area contributed by atoms with E-state index in [0.29, 0.717) is 12.4 Å². The molecule has 0 aliphatic rings. The van der Waals surface area contributed by atoms with Gasteiger partial charge in [0.25, 0.3) is 0 Å². The summed E-state index contributed by atoms with van der Waals surface area (Å²) in [4.78, 5) is 1.62. The van der Waals surface area contributed by atoms with Crippen molar-refractivity contribution in [3.63, 3.8) is 0 Å². The van der Waals surface area contributed by atoms with Crippen LogP contribution in [0.5, 0.6) is 0 Å². The van der Waals surface area contributed by atoms with E-state index in [1.54, 1.807) is 4.80 Å². The second kappa shape index (κ2) is 6.28. The monoisotopic (exact) mass is 279 g/mol. The fourth-order valence-corrected chi connectivity index (χ4v) is 2.14. The van der Waals surface area contributed by atoms with Crippen LogP contribution in [0.3, 0.4) is 0 Å². The lowest BCUT2D eigenvalue weighted by Gasteiger charge is -2.02. The summed E-state index contributed by atoms with van der Waals surface area (Å²) in [7, 11) is 1.94. The summed E-state index contributed by atoms with van der Waals surface area (Å²) >= 11 is 0. The number of rotatable bonds is 5. The minimum atomic E-state index is 0.625. The lowest BCUT2D eigenvalue weighted by molar-refractivity contribution is 0.572. The zero-order valence-corrected chi connectivity index (χ0v) is 11.9. The zero-order chi connectivity index (χ0) is 14.5. The van der Waals surface area contributed by atoms with Crippen LogP contribution in [0, 0.1) is 0 Å². The Bertz CT molecular complexity index is 688. The third-order valence-electron chi connectivity index (χ3n) is 3.21. The molecule has 21 heavy (non-hydrogen) atoms. The molecule has 0 spiro atoms. The maximum atomic E-state index is 4.42. The highest BCUT2D eigenvalue weighted by Crippen LogP contribution is 2.12. The molecule has 5 nitrogen and oxygen atoms in total. The maximum Gasteiger partial charge on any atom is 0.204 e. The van der Waals surface area contributed by atoms with E-state index < -0.39 is 0 Å². The van der Waals surface area contributed by atoms with Gasteiger partial charge in [0, 0.05) is 12.1 Å². The first-order valence-corrected chi connectivity index (χ1v) is 6.91. The molecule has 3 aromatic rings. The van der Waals surface area contributed by atoms with Gasteiger partial charge in [0.05, 0.1) is 6.54 Å². The predicted molar refractivity (Wildman–Crippen MR) is 81.6 cm³/mol. The zero-order valence-electron chi connectivity index (χ0n) is 11.9. The van der Waals surface area contributed by atoms with Crippen LogP contribution >= 0.6 is 0 Å². The lowest BCUT2D eigenvalue weighted by atomic mass is 10.1. The summed E-state index contributed by atoms with van der Waals surface area (Å²) in [6.45, 7) is 1.50. The van der Waals surface area contributed by atoms with Crippen molar-refractivity contribution in [1.29, 1.82) is 0 Å². The van der Waals surface area contributed by atoms with Gasteiger partial charge in [-0.2, -0.15) is 4.80 Å². The number of nitrogens with zero attached hydrogens (tertiary/aromatic N) is 4. The standard InChI is InChI=1S/C16H17N5/c1-17-11-13-7-9-14(10-8-13)12-21-19-16(18-20-21)15-5-3-2-4-6-15/h2-10,17H,11-12H2,1H3. The predicted octanol–water partition coefficient (Wildman–Crippen LogP) is 2.11. The molecule has 0 aliphatic heterocycles. The second-order valence-electron chi connectivity index (χ2n) is 4.86. The number of hydrogen-bond acceptors (Lipinski definition) is 4. The molecule has 0 unspecified atom stereocenters. The van der Waals surface area contributed by atoms with E-state index in [2.05, 4.69) is 45.0 Å². The van der Waals surface area contributed by atoms with E-state index in [0.717, 1.165) is 17.7 Å². The molecule has 0 fully saturated rings. The molecule has 0 bridgehead atoms. The van der Waals surface area contributed by atoms with E-state index in [1.165, 1.54) is 5.56 Å². The van der Waals surface area contributed by atoms with E-state index in [1.807, 2.05) is 37.4 Å². The van der Waals surface area contributed by atoms with Gasteiger partial charge in [0.2, 0.25) is 5.82 Å². The molecule has 1 heterocycles. The first kappa shape index (κ1) is 13.5. The SMILES string of the molecule is CNCc1ccc(Cn2nnc(-c3ccccc3)n2)cc1. The fourth-order valence-electron chi connectivity index (χ4n) is 2.14. The van der Waals surface area contributed by atoms with Crippen LogP contribution < -0.4 is 5.32 Å². The van der Waals surface area contributed by atoms with Crippen molar-refractivity contribution in [1.82, 2.24) is 25.5 Å². The normalized spacial score (nSPS) is 10.7. The number of aromatic nitrogens is 4. The van der Waals surface area contributed by atoms with Gasteiger partial charge < -0.3 is 5.32 Å². The number of hydrogen-bond donors (Lipinski definition) is 1. The fraction of sp³-hybridized carbons (Fsp3) is 0.188. The Morgan fingerprint density at radius 3 is 2.38 bits per heavy atom. The van der Waals surface area contributed by atoms with Gasteiger partial charge in [-0.25, -0.2) is 0 Å². The number of tetrazole rings is 1. The van der Waals surface area contributed by atoms with E-state index in [9.17, 15) is 0 Å². The van der Waals surface area contributed by atoms with Gasteiger partial charge in [-0.1, -0.05) is 54.6 Å². The van der Waals surface area contributed by atoms with Crippen LogP contribution in [0.1, 0.15) is 11.1 Å². The van der Waals surface area contributed by atoms with Crippen molar-refractivity contribution in [3.8, 4) is 11.4 Å². The van der Waals surface area contributed by atoms with Crippen LogP contribution in [0.15, 0.2) is 54.6 Å². The average molecular weight is 279 g/mol. The average Bonchev–Trinajstić information content (AvgIpc) is 2.99. The molecule has 0 radical (unpaired) electrons. The van der Waals surface area contributed by atoms with Gasteiger partial charge in [-0.15, -0.1) is 10.2 Å². The Kier molecular flexibility index (Phi) is 4.02. The van der Waals surface area contributed by atoms with Gasteiger partial charge in [0.15, 0.2) is 0 Å². The molecular weight excluding hydrogens is 262 g/mol. The first-order valence-electron chi connectivity index (χ1n) is 6.91. The Morgan fingerprint density at radius 1 is 0.952 bits per heavy atom. The van der Waals surface area contributed by atoms with Gasteiger partial charge in [-0.05, 0) is 23.4 Å². The van der Waals surface area contributed by atoms with Crippen LogP contribution in [-0.2, 0) is 13.1 Å². The Balaban J connectivity index is 1.72. The molecule has 106 valence electrons. The number of nitrogens with one attached hydrogen (secondary N) is 1. The van der Waals surface area contributed by atoms with Gasteiger partial charge in [0.1, 0.15) is 0 Å². The van der Waals surface area contributed by atoms with Crippen molar-refractivity contribution in [3.05, 3.63) is 65.7 Å². The smallest absolute Gasteiger partial charge is 0.204 e. The molecule has 0 saturated heterocycles. The summed E-state index contributed by atoms with van der Waals surface area (Å²) in [6, 6.07) is 18.3. The van der Waals surface area contributed by atoms with Crippen molar-refractivity contribution in [2.75, 3.05) is 7.05 Å². The molecule has 0 atom stereocenters. The molecule has 0 saturated carbocycles. The highest BCUT2D eigenvalue weighted by Gasteiger charge is 2.05. The number of benzene rings is 2. The summed E-state index contributed by atoms with van der Waals surface area (Å²) in [5.74, 6) is 0.655. The van der Waals surface area contributed by atoms with Gasteiger partial charge >= 0.3 is 0 Å². The summed E-state index contributed by atoms with van der Waals surface area (Å²) in [6.07, 6.45) is 0. The highest BCUT2D eigenvalue weighted by atomic mass is 15.6. The minimum absolute atomic E-state index is 0.625. The summed E-state index contributed by atoms with van der Waals surface area (Å²) < 4.78 is 0. The van der Waals surface area contributed by atoms with Crippen molar-refractivity contribution < 1.29 is 0 Å². The van der Waals surface area contributed by atoms with Gasteiger partial charge in [-0.3, -0.25) is 0 Å². The Labute approximate surface area is 123 Å². The molecule has 2 aromatic carbocycles. The minimum Gasteiger partial charge on any atom is -0.316 e. The topological polar surface area (TPSA) is 55.6 Å². The first-order chi connectivity index (χ1) is 10.3. The Morgan fingerprint density at radius 2 is 1.67 bits per heavy atom. The molecule has 1 N–H and O–H groups in total. The van der Waals surface area contributed by atoms with Crippen LogP contribution in [0.2, 0.25) is 0 Å². The second-order valence-corrected chi connectivity index (χ2v) is 4.86. The van der Waals surface area contributed by atoms with Crippen LogP contribution in [-0.4, -0.2) is 27.3 Å². The lowest BCUT2D eigenvalue weighted by Crippen LogP contribution is -2.06. The largest absolute Gasteiger partial charge is 0.316 e. The quantitative estimate of drug-likeness (QED) is 0.777. The molecule has 5 heteroatoms. The molecule has 1 aromatic heterocycles. The molecule has 0 aliphatic carbocycles. The summed E-state index contributed by atoms with van der Waals surface area (Å²) in [5, 5.41) is 15.8.